The highest BCUT2D eigenvalue weighted by Gasteiger charge is 2.31. The van der Waals surface area contributed by atoms with E-state index in [1.54, 1.807) is 4.90 Å². The van der Waals surface area contributed by atoms with Crippen LogP contribution < -0.4 is 0 Å². The zero-order valence-corrected chi connectivity index (χ0v) is 13.5. The van der Waals surface area contributed by atoms with Gasteiger partial charge in [0.05, 0.1) is 5.56 Å². The van der Waals surface area contributed by atoms with Crippen molar-refractivity contribution in [3.8, 4) is 0 Å². The van der Waals surface area contributed by atoms with E-state index < -0.39 is 5.97 Å². The van der Waals surface area contributed by atoms with Crippen LogP contribution in [0.4, 0.5) is 0 Å². The number of pyridine rings is 1. The first-order valence-electron chi connectivity index (χ1n) is 8.33. The summed E-state index contributed by atoms with van der Waals surface area (Å²) in [7, 11) is 0. The molecule has 0 spiro atoms. The van der Waals surface area contributed by atoms with E-state index in [0.717, 1.165) is 25.9 Å². The highest BCUT2D eigenvalue weighted by Crippen LogP contribution is 2.23. The average Bonchev–Trinajstić information content (AvgIpc) is 3.15. The Morgan fingerprint density at radius 1 is 1.00 bits per heavy atom. The molecule has 0 aliphatic carbocycles. The smallest absolute Gasteiger partial charge is 0.354 e. The van der Waals surface area contributed by atoms with E-state index in [-0.39, 0.29) is 23.4 Å². The number of hydrogen-bond acceptors (Lipinski definition) is 4. The zero-order valence-electron chi connectivity index (χ0n) is 13.5. The molecule has 1 aromatic rings. The van der Waals surface area contributed by atoms with E-state index in [9.17, 15) is 14.4 Å². The minimum absolute atomic E-state index is 0.0136. The van der Waals surface area contributed by atoms with Crippen molar-refractivity contribution < 1.29 is 19.5 Å². The van der Waals surface area contributed by atoms with Gasteiger partial charge in [0, 0.05) is 38.3 Å². The number of carbonyl (C=O) groups is 3. The first-order valence-corrected chi connectivity index (χ1v) is 8.33. The summed E-state index contributed by atoms with van der Waals surface area (Å²) in [5.74, 6) is -1.03. The summed E-state index contributed by atoms with van der Waals surface area (Å²) in [5, 5.41) is 8.84. The van der Waals surface area contributed by atoms with Crippen molar-refractivity contribution in [1.82, 2.24) is 14.8 Å². The molecule has 3 heterocycles. The van der Waals surface area contributed by atoms with Gasteiger partial charge in [-0.05, 0) is 37.8 Å². The highest BCUT2D eigenvalue weighted by molar-refractivity contribution is 5.95. The quantitative estimate of drug-likeness (QED) is 0.900. The second-order valence-corrected chi connectivity index (χ2v) is 6.34. The fraction of sp³-hybridized carbons (Fsp3) is 0.529. The lowest BCUT2D eigenvalue weighted by atomic mass is 9.95. The van der Waals surface area contributed by atoms with Gasteiger partial charge in [-0.15, -0.1) is 0 Å². The van der Waals surface area contributed by atoms with E-state index >= 15 is 0 Å². The largest absolute Gasteiger partial charge is 0.477 e. The molecule has 3 rings (SSSR count). The van der Waals surface area contributed by atoms with Gasteiger partial charge in [-0.1, -0.05) is 0 Å². The van der Waals surface area contributed by atoms with Gasteiger partial charge in [-0.25, -0.2) is 9.78 Å². The average molecular weight is 331 g/mol. The zero-order chi connectivity index (χ0) is 17.1. The minimum atomic E-state index is -1.12. The van der Waals surface area contributed by atoms with E-state index in [1.807, 2.05) is 4.90 Å². The molecule has 0 atom stereocenters. The van der Waals surface area contributed by atoms with Crippen LogP contribution in [0.5, 0.6) is 0 Å². The van der Waals surface area contributed by atoms with Crippen molar-refractivity contribution in [1.29, 1.82) is 0 Å². The van der Waals surface area contributed by atoms with Gasteiger partial charge >= 0.3 is 5.97 Å². The summed E-state index contributed by atoms with van der Waals surface area (Å²) in [5.41, 5.74) is 0.297. The molecule has 0 aromatic carbocycles. The highest BCUT2D eigenvalue weighted by atomic mass is 16.4. The van der Waals surface area contributed by atoms with Crippen molar-refractivity contribution >= 4 is 17.8 Å². The third-order valence-corrected chi connectivity index (χ3v) is 4.78. The molecular formula is C17H21N3O4. The number of piperidine rings is 1. The predicted octanol–water partition coefficient (Wildman–Crippen LogP) is 1.25. The second-order valence-electron chi connectivity index (χ2n) is 6.34. The third kappa shape index (κ3) is 3.39. The number of carboxylic acids is 1. The number of aromatic carboxylic acids is 1. The van der Waals surface area contributed by atoms with Crippen molar-refractivity contribution in [3.63, 3.8) is 0 Å². The van der Waals surface area contributed by atoms with E-state index in [1.165, 1.54) is 18.3 Å². The van der Waals surface area contributed by atoms with Crippen LogP contribution in [0, 0.1) is 5.92 Å². The van der Waals surface area contributed by atoms with Crippen molar-refractivity contribution in [2.24, 2.45) is 5.92 Å². The van der Waals surface area contributed by atoms with Gasteiger partial charge in [0.25, 0.3) is 5.91 Å². The van der Waals surface area contributed by atoms with Crippen LogP contribution in [-0.2, 0) is 4.79 Å². The molecule has 0 bridgehead atoms. The Kier molecular flexibility index (Phi) is 4.78. The molecular weight excluding hydrogens is 310 g/mol. The number of aromatic nitrogens is 1. The molecule has 2 aliphatic heterocycles. The maximum atomic E-state index is 12.5. The predicted molar refractivity (Wildman–Crippen MR) is 85.6 cm³/mol. The summed E-state index contributed by atoms with van der Waals surface area (Å²) in [6.07, 6.45) is 4.83. The van der Waals surface area contributed by atoms with Crippen molar-refractivity contribution in [2.45, 2.75) is 25.7 Å². The van der Waals surface area contributed by atoms with Crippen LogP contribution in [0.2, 0.25) is 0 Å². The molecule has 2 aliphatic rings. The Labute approximate surface area is 140 Å². The van der Waals surface area contributed by atoms with Crippen LogP contribution in [0.15, 0.2) is 18.3 Å². The lowest BCUT2D eigenvalue weighted by Crippen LogP contribution is -2.43. The Morgan fingerprint density at radius 2 is 1.67 bits per heavy atom. The van der Waals surface area contributed by atoms with Gasteiger partial charge in [0.1, 0.15) is 5.69 Å². The summed E-state index contributed by atoms with van der Waals surface area (Å²) in [6.45, 7) is 2.81. The fourth-order valence-corrected chi connectivity index (χ4v) is 3.35. The van der Waals surface area contributed by atoms with Crippen LogP contribution in [0.3, 0.4) is 0 Å². The number of hydrogen-bond donors (Lipinski definition) is 1. The van der Waals surface area contributed by atoms with E-state index in [4.69, 9.17) is 5.11 Å². The van der Waals surface area contributed by atoms with Crippen LogP contribution >= 0.6 is 0 Å². The molecule has 7 nitrogen and oxygen atoms in total. The maximum absolute atomic E-state index is 12.5. The van der Waals surface area contributed by atoms with Crippen LogP contribution in [0.1, 0.15) is 46.5 Å². The molecule has 2 amide bonds. The Balaban J connectivity index is 1.56. The third-order valence-electron chi connectivity index (χ3n) is 4.78. The molecule has 128 valence electrons. The summed E-state index contributed by atoms with van der Waals surface area (Å²) >= 11 is 0. The van der Waals surface area contributed by atoms with E-state index in [0.29, 0.717) is 31.5 Å². The monoisotopic (exact) mass is 331 g/mol. The fourth-order valence-electron chi connectivity index (χ4n) is 3.35. The molecule has 24 heavy (non-hydrogen) atoms. The number of carbonyl (C=O) groups excluding carboxylic acids is 2. The molecule has 0 saturated carbocycles. The summed E-state index contributed by atoms with van der Waals surface area (Å²) in [4.78, 5) is 43.1. The molecule has 1 aromatic heterocycles. The lowest BCUT2D eigenvalue weighted by Gasteiger charge is -2.33. The Morgan fingerprint density at radius 3 is 2.21 bits per heavy atom. The van der Waals surface area contributed by atoms with Gasteiger partial charge in [0.15, 0.2) is 0 Å². The number of carboxylic acid groups (broad SMARTS) is 1. The second kappa shape index (κ2) is 6.98. The van der Waals surface area contributed by atoms with E-state index in [2.05, 4.69) is 4.98 Å². The first-order chi connectivity index (χ1) is 11.6. The van der Waals surface area contributed by atoms with Gasteiger partial charge in [-0.2, -0.15) is 0 Å². The number of rotatable bonds is 3. The normalized spacial score (nSPS) is 18.7. The van der Waals surface area contributed by atoms with Gasteiger partial charge in [-0.3, -0.25) is 9.59 Å². The Bertz CT molecular complexity index is 630. The van der Waals surface area contributed by atoms with Gasteiger partial charge < -0.3 is 14.9 Å². The molecule has 2 saturated heterocycles. The lowest BCUT2D eigenvalue weighted by molar-refractivity contribution is -0.135. The molecule has 2 fully saturated rings. The topological polar surface area (TPSA) is 90.8 Å². The van der Waals surface area contributed by atoms with Crippen molar-refractivity contribution in [3.05, 3.63) is 29.6 Å². The molecule has 0 radical (unpaired) electrons. The summed E-state index contributed by atoms with van der Waals surface area (Å²) in [6, 6.07) is 2.82. The minimum Gasteiger partial charge on any atom is -0.477 e. The SMILES string of the molecule is O=C(O)c1ccc(C(=O)N2CCC(C(=O)N3CCCC3)CC2)cn1. The first kappa shape index (κ1) is 16.4. The van der Waals surface area contributed by atoms with Crippen LogP contribution in [0.25, 0.3) is 0 Å². The standard InChI is InChI=1S/C17H21N3O4/c21-15(19-7-1-2-8-19)12-5-9-20(10-6-12)16(22)13-3-4-14(17(23)24)18-11-13/h3-4,11-12H,1-2,5-10H2,(H,23,24). The number of nitrogens with zero attached hydrogens (tertiary/aromatic N) is 3. The van der Waals surface area contributed by atoms with Crippen molar-refractivity contribution in [2.75, 3.05) is 26.2 Å². The number of amides is 2. The number of likely N-dealkylation sites (tertiary alicyclic amines) is 2. The molecule has 0 unspecified atom stereocenters. The Hall–Kier alpha value is -2.44. The molecule has 7 heteroatoms. The molecule has 1 N–H and O–H groups in total. The van der Waals surface area contributed by atoms with Gasteiger partial charge in [0.2, 0.25) is 5.91 Å². The maximum Gasteiger partial charge on any atom is 0.354 e. The van der Waals surface area contributed by atoms with Crippen LogP contribution in [-0.4, -0.2) is 63.9 Å². The summed E-state index contributed by atoms with van der Waals surface area (Å²) < 4.78 is 0.